The molecule has 0 aliphatic heterocycles. The second kappa shape index (κ2) is 7.36. The molecule has 1 aliphatic rings. The number of aliphatic hydroxyl groups excluding tert-OH is 1. The highest BCUT2D eigenvalue weighted by Crippen LogP contribution is 2.38. The van der Waals surface area contributed by atoms with Crippen LogP contribution in [0.25, 0.3) is 0 Å². The zero-order valence-corrected chi connectivity index (χ0v) is 13.5. The highest BCUT2D eigenvalue weighted by Gasteiger charge is 2.39. The molecule has 0 spiro atoms. The number of hydrogen-bond donors (Lipinski definition) is 1. The van der Waals surface area contributed by atoms with E-state index in [0.717, 1.165) is 32.1 Å². The van der Waals surface area contributed by atoms with Gasteiger partial charge in [0.05, 0.1) is 12.0 Å². The summed E-state index contributed by atoms with van der Waals surface area (Å²) in [6.07, 6.45) is 6.95. The van der Waals surface area contributed by atoms with Gasteiger partial charge in [-0.1, -0.05) is 37.8 Å². The summed E-state index contributed by atoms with van der Waals surface area (Å²) in [6.45, 7) is 6.45. The molecule has 1 saturated carbocycles. The fraction of sp³-hybridized carbons (Fsp3) is 0.875. The van der Waals surface area contributed by atoms with Gasteiger partial charge in [-0.3, -0.25) is 0 Å². The third-order valence-corrected chi connectivity index (χ3v) is 4.52. The van der Waals surface area contributed by atoms with E-state index in [4.69, 9.17) is 9.26 Å². The zero-order valence-electron chi connectivity index (χ0n) is 13.5. The molecule has 1 aromatic rings. The molecule has 1 heterocycles. The lowest BCUT2D eigenvalue weighted by molar-refractivity contribution is -0.0636. The van der Waals surface area contributed by atoms with E-state index in [0.29, 0.717) is 18.3 Å². The molecule has 120 valence electrons. The predicted octanol–water partition coefficient (Wildman–Crippen LogP) is 3.53. The Morgan fingerprint density at radius 3 is 2.43 bits per heavy atom. The highest BCUT2D eigenvalue weighted by atomic mass is 16.5. The molecular weight excluding hydrogens is 268 g/mol. The summed E-state index contributed by atoms with van der Waals surface area (Å²) in [5.41, 5.74) is -0.399. The number of nitrogens with zero attached hydrogens (tertiary/aromatic N) is 2. The van der Waals surface area contributed by atoms with Crippen molar-refractivity contribution in [2.24, 2.45) is 0 Å². The molecule has 0 saturated heterocycles. The SMILES string of the molecule is CCOC1(c2noc(C(CC)C(C)O)n2)CCCCCC1. The molecule has 5 nitrogen and oxygen atoms in total. The monoisotopic (exact) mass is 296 g/mol. The number of hydrogen-bond acceptors (Lipinski definition) is 5. The van der Waals surface area contributed by atoms with Crippen molar-refractivity contribution in [1.29, 1.82) is 0 Å². The Bertz CT molecular complexity index is 423. The van der Waals surface area contributed by atoms with Gasteiger partial charge in [0.2, 0.25) is 11.7 Å². The predicted molar refractivity (Wildman–Crippen MR) is 80.0 cm³/mol. The molecular formula is C16H28N2O3. The van der Waals surface area contributed by atoms with E-state index in [9.17, 15) is 5.11 Å². The Kier molecular flexibility index (Phi) is 5.76. The normalized spacial score (nSPS) is 21.7. The second-order valence-corrected chi connectivity index (χ2v) is 6.05. The maximum Gasteiger partial charge on any atom is 0.232 e. The van der Waals surface area contributed by atoms with Gasteiger partial charge in [0, 0.05) is 6.61 Å². The van der Waals surface area contributed by atoms with Crippen molar-refractivity contribution >= 4 is 0 Å². The maximum absolute atomic E-state index is 9.84. The molecule has 0 bridgehead atoms. The van der Waals surface area contributed by atoms with Crippen LogP contribution < -0.4 is 0 Å². The van der Waals surface area contributed by atoms with Crippen LogP contribution in [0.1, 0.15) is 83.3 Å². The molecule has 0 aromatic carbocycles. The summed E-state index contributed by atoms with van der Waals surface area (Å²) < 4.78 is 11.5. The van der Waals surface area contributed by atoms with Crippen molar-refractivity contribution in [1.82, 2.24) is 10.1 Å². The van der Waals surface area contributed by atoms with Crippen molar-refractivity contribution < 1.29 is 14.4 Å². The van der Waals surface area contributed by atoms with Crippen molar-refractivity contribution in [3.63, 3.8) is 0 Å². The Hall–Kier alpha value is -0.940. The topological polar surface area (TPSA) is 68.4 Å². The van der Waals surface area contributed by atoms with Crippen LogP contribution in [0.5, 0.6) is 0 Å². The van der Waals surface area contributed by atoms with Gasteiger partial charge in [-0.15, -0.1) is 0 Å². The van der Waals surface area contributed by atoms with Crippen molar-refractivity contribution in [3.8, 4) is 0 Å². The molecule has 5 heteroatoms. The minimum absolute atomic E-state index is 0.101. The minimum Gasteiger partial charge on any atom is -0.393 e. The molecule has 1 fully saturated rings. The minimum atomic E-state index is -0.486. The fourth-order valence-electron chi connectivity index (χ4n) is 3.30. The summed E-state index contributed by atoms with van der Waals surface area (Å²) in [5.74, 6) is 1.10. The lowest BCUT2D eigenvalue weighted by Crippen LogP contribution is -2.31. The molecule has 1 N–H and O–H groups in total. The Morgan fingerprint density at radius 2 is 1.90 bits per heavy atom. The van der Waals surface area contributed by atoms with E-state index < -0.39 is 11.7 Å². The summed E-state index contributed by atoms with van der Waals surface area (Å²) >= 11 is 0. The maximum atomic E-state index is 9.84. The van der Waals surface area contributed by atoms with E-state index in [1.54, 1.807) is 6.92 Å². The van der Waals surface area contributed by atoms with Crippen LogP contribution >= 0.6 is 0 Å². The zero-order chi connectivity index (χ0) is 15.3. The molecule has 21 heavy (non-hydrogen) atoms. The molecule has 2 unspecified atom stereocenters. The number of ether oxygens (including phenoxy) is 1. The highest BCUT2D eigenvalue weighted by molar-refractivity contribution is 5.05. The van der Waals surface area contributed by atoms with E-state index in [1.807, 2.05) is 13.8 Å². The van der Waals surface area contributed by atoms with Gasteiger partial charge < -0.3 is 14.4 Å². The van der Waals surface area contributed by atoms with E-state index in [2.05, 4.69) is 10.1 Å². The molecule has 1 aliphatic carbocycles. The van der Waals surface area contributed by atoms with Gasteiger partial charge in [-0.05, 0) is 33.1 Å². The second-order valence-electron chi connectivity index (χ2n) is 6.05. The van der Waals surface area contributed by atoms with Gasteiger partial charge in [-0.25, -0.2) is 0 Å². The number of rotatable bonds is 6. The number of aromatic nitrogens is 2. The Labute approximate surface area is 127 Å². The lowest BCUT2D eigenvalue weighted by atomic mass is 9.93. The fourth-order valence-corrected chi connectivity index (χ4v) is 3.30. The third kappa shape index (κ3) is 3.64. The summed E-state index contributed by atoms with van der Waals surface area (Å²) in [4.78, 5) is 4.60. The summed E-state index contributed by atoms with van der Waals surface area (Å²) in [7, 11) is 0. The first kappa shape index (κ1) is 16.4. The molecule has 0 amide bonds. The first-order valence-corrected chi connectivity index (χ1v) is 8.29. The smallest absolute Gasteiger partial charge is 0.232 e. The molecule has 2 atom stereocenters. The van der Waals surface area contributed by atoms with Crippen LogP contribution in [-0.2, 0) is 10.3 Å². The van der Waals surface area contributed by atoms with Crippen LogP contribution in [0, 0.1) is 0 Å². The Morgan fingerprint density at radius 1 is 1.24 bits per heavy atom. The standard InChI is InChI=1S/C16H28N2O3/c1-4-13(12(3)19)14-17-15(18-21-14)16(20-5-2)10-8-6-7-9-11-16/h12-13,19H,4-11H2,1-3H3. The average Bonchev–Trinajstić information content (AvgIpc) is 2.81. The molecule has 0 radical (unpaired) electrons. The Balaban J connectivity index is 2.26. The van der Waals surface area contributed by atoms with E-state index >= 15 is 0 Å². The quantitative estimate of drug-likeness (QED) is 0.813. The first-order valence-electron chi connectivity index (χ1n) is 8.29. The largest absolute Gasteiger partial charge is 0.393 e. The van der Waals surface area contributed by atoms with Gasteiger partial charge in [0.1, 0.15) is 5.60 Å². The summed E-state index contributed by atoms with van der Waals surface area (Å²) in [6, 6.07) is 0. The van der Waals surface area contributed by atoms with Crippen molar-refractivity contribution in [2.75, 3.05) is 6.61 Å². The van der Waals surface area contributed by atoms with Gasteiger partial charge in [0.15, 0.2) is 0 Å². The molecule has 2 rings (SSSR count). The van der Waals surface area contributed by atoms with Crippen molar-refractivity contribution in [3.05, 3.63) is 11.7 Å². The van der Waals surface area contributed by atoms with Crippen LogP contribution in [0.15, 0.2) is 4.52 Å². The number of aliphatic hydroxyl groups is 1. The first-order chi connectivity index (χ1) is 10.1. The van der Waals surface area contributed by atoms with Crippen LogP contribution in [0.2, 0.25) is 0 Å². The van der Waals surface area contributed by atoms with Gasteiger partial charge in [0.25, 0.3) is 0 Å². The molecule has 1 aromatic heterocycles. The summed E-state index contributed by atoms with van der Waals surface area (Å²) in [5, 5.41) is 14.0. The third-order valence-electron chi connectivity index (χ3n) is 4.52. The van der Waals surface area contributed by atoms with Crippen LogP contribution in [-0.4, -0.2) is 28.0 Å². The van der Waals surface area contributed by atoms with Crippen molar-refractivity contribution in [2.45, 2.75) is 83.3 Å². The van der Waals surface area contributed by atoms with Gasteiger partial charge >= 0.3 is 0 Å². The van der Waals surface area contributed by atoms with Crippen LogP contribution in [0.3, 0.4) is 0 Å². The average molecular weight is 296 g/mol. The van der Waals surface area contributed by atoms with Crippen LogP contribution in [0.4, 0.5) is 0 Å². The van der Waals surface area contributed by atoms with E-state index in [-0.39, 0.29) is 5.92 Å². The lowest BCUT2D eigenvalue weighted by Gasteiger charge is -2.29. The van der Waals surface area contributed by atoms with Gasteiger partial charge in [-0.2, -0.15) is 4.98 Å². The van der Waals surface area contributed by atoms with E-state index in [1.165, 1.54) is 12.8 Å².